The van der Waals surface area contributed by atoms with E-state index in [-0.39, 0.29) is 23.6 Å². The van der Waals surface area contributed by atoms with E-state index in [1.54, 1.807) is 30.3 Å². The molecule has 0 saturated carbocycles. The van der Waals surface area contributed by atoms with Crippen LogP contribution < -0.4 is 4.90 Å². The van der Waals surface area contributed by atoms with Crippen LogP contribution in [0.2, 0.25) is 0 Å². The maximum absolute atomic E-state index is 12.7. The van der Waals surface area contributed by atoms with Crippen molar-refractivity contribution in [2.45, 2.75) is 12.1 Å². The lowest BCUT2D eigenvalue weighted by Gasteiger charge is -2.29. The monoisotopic (exact) mass is 282 g/mol. The maximum atomic E-state index is 12.7. The van der Waals surface area contributed by atoms with E-state index >= 15 is 0 Å². The van der Waals surface area contributed by atoms with Gasteiger partial charge in [0.2, 0.25) is 11.8 Å². The first-order chi connectivity index (χ1) is 10.1. The van der Waals surface area contributed by atoms with Crippen molar-refractivity contribution in [3.05, 3.63) is 42.5 Å². The van der Waals surface area contributed by atoms with Crippen LogP contribution in [0.3, 0.4) is 0 Å². The van der Waals surface area contributed by atoms with Gasteiger partial charge >= 0.3 is 0 Å². The average Bonchev–Trinajstić information content (AvgIpc) is 2.83. The average molecular weight is 282 g/mol. The van der Waals surface area contributed by atoms with E-state index in [0.717, 1.165) is 0 Å². The van der Waals surface area contributed by atoms with Gasteiger partial charge in [0.05, 0.1) is 23.6 Å². The Kier molecular flexibility index (Phi) is 2.44. The zero-order chi connectivity index (χ0) is 14.7. The fraction of sp³-hybridized carbons (Fsp3) is 0.312. The molecule has 0 N–H and O–H groups in total. The fourth-order valence-electron chi connectivity index (χ4n) is 3.85. The summed E-state index contributed by atoms with van der Waals surface area (Å²) in [6.07, 6.45) is 3.27. The number of carbonyl (C=O) groups is 3. The number of carbonyl (C=O) groups excluding carboxylic acids is 3. The van der Waals surface area contributed by atoms with Crippen molar-refractivity contribution in [3.8, 4) is 0 Å². The number of nitrogens with zero attached hydrogens (tertiary/aromatic N) is 2. The van der Waals surface area contributed by atoms with Crippen molar-refractivity contribution in [2.24, 2.45) is 11.8 Å². The highest BCUT2D eigenvalue weighted by molar-refractivity contribution is 6.24. The first-order valence-corrected chi connectivity index (χ1v) is 6.98. The van der Waals surface area contributed by atoms with Gasteiger partial charge in [-0.05, 0) is 25.3 Å². The first kappa shape index (κ1) is 12.5. The minimum Gasteiger partial charge on any atom is -0.293 e. The number of amides is 2. The number of anilines is 1. The SMILES string of the molecule is CN1C2C=CC(=O)C1C1C(=O)N(c3ccccc3)C(=O)C12. The Morgan fingerprint density at radius 1 is 0.952 bits per heavy atom. The number of likely N-dealkylation sites (N-methyl/N-ethyl adjacent to an activating group) is 1. The smallest absolute Gasteiger partial charge is 0.239 e. The van der Waals surface area contributed by atoms with Gasteiger partial charge < -0.3 is 0 Å². The van der Waals surface area contributed by atoms with Gasteiger partial charge in [-0.1, -0.05) is 24.3 Å². The molecule has 5 heteroatoms. The second kappa shape index (κ2) is 4.11. The van der Waals surface area contributed by atoms with Gasteiger partial charge in [-0.3, -0.25) is 19.3 Å². The Labute approximate surface area is 121 Å². The van der Waals surface area contributed by atoms with Crippen LogP contribution in [0.15, 0.2) is 42.5 Å². The number of imide groups is 1. The molecule has 4 atom stereocenters. The summed E-state index contributed by atoms with van der Waals surface area (Å²) < 4.78 is 0. The molecule has 0 aliphatic carbocycles. The van der Waals surface area contributed by atoms with Crippen molar-refractivity contribution < 1.29 is 14.4 Å². The number of benzene rings is 1. The highest BCUT2D eigenvalue weighted by Crippen LogP contribution is 2.45. The Balaban J connectivity index is 1.80. The van der Waals surface area contributed by atoms with Crippen molar-refractivity contribution in [3.63, 3.8) is 0 Å². The summed E-state index contributed by atoms with van der Waals surface area (Å²) in [6, 6.07) is 8.24. The molecule has 3 aliphatic rings. The third kappa shape index (κ3) is 1.46. The van der Waals surface area contributed by atoms with Crippen LogP contribution in [0, 0.1) is 11.8 Å². The fourth-order valence-corrected chi connectivity index (χ4v) is 3.85. The number of hydrogen-bond acceptors (Lipinski definition) is 4. The normalized spacial score (nSPS) is 34.7. The van der Waals surface area contributed by atoms with Crippen LogP contribution in [-0.2, 0) is 14.4 Å². The molecule has 0 radical (unpaired) electrons. The van der Waals surface area contributed by atoms with E-state index in [0.29, 0.717) is 5.69 Å². The van der Waals surface area contributed by atoms with E-state index < -0.39 is 17.9 Å². The van der Waals surface area contributed by atoms with Gasteiger partial charge in [-0.25, -0.2) is 4.90 Å². The van der Waals surface area contributed by atoms with E-state index in [9.17, 15) is 14.4 Å². The Hall–Kier alpha value is -2.27. The topological polar surface area (TPSA) is 57.7 Å². The zero-order valence-corrected chi connectivity index (χ0v) is 11.5. The molecule has 4 rings (SSSR count). The molecule has 21 heavy (non-hydrogen) atoms. The minimum atomic E-state index is -0.560. The van der Waals surface area contributed by atoms with Gasteiger partial charge in [0.15, 0.2) is 5.78 Å². The second-order valence-electron chi connectivity index (χ2n) is 5.76. The molecule has 106 valence electrons. The lowest BCUT2D eigenvalue weighted by molar-refractivity contribution is -0.128. The van der Waals surface area contributed by atoms with Gasteiger partial charge in [-0.2, -0.15) is 0 Å². The molecule has 5 nitrogen and oxygen atoms in total. The van der Waals surface area contributed by atoms with Crippen molar-refractivity contribution in [2.75, 3.05) is 11.9 Å². The predicted molar refractivity (Wildman–Crippen MR) is 75.4 cm³/mol. The van der Waals surface area contributed by atoms with E-state index in [1.807, 2.05) is 18.0 Å². The lowest BCUT2D eigenvalue weighted by Crippen LogP contribution is -2.47. The predicted octanol–water partition coefficient (Wildman–Crippen LogP) is 0.614. The number of para-hydroxylation sites is 1. The van der Waals surface area contributed by atoms with Crippen LogP contribution in [0.1, 0.15) is 0 Å². The largest absolute Gasteiger partial charge is 0.293 e. The molecule has 2 bridgehead atoms. The number of fused-ring (bicyclic) bond motifs is 5. The molecule has 0 aromatic heterocycles. The zero-order valence-electron chi connectivity index (χ0n) is 11.5. The molecule has 3 heterocycles. The van der Waals surface area contributed by atoms with Crippen molar-refractivity contribution >= 4 is 23.3 Å². The Morgan fingerprint density at radius 2 is 1.62 bits per heavy atom. The van der Waals surface area contributed by atoms with Crippen LogP contribution in [0.4, 0.5) is 5.69 Å². The van der Waals surface area contributed by atoms with Gasteiger partial charge in [0.1, 0.15) is 0 Å². The van der Waals surface area contributed by atoms with Gasteiger partial charge in [0, 0.05) is 6.04 Å². The molecule has 4 unspecified atom stereocenters. The maximum Gasteiger partial charge on any atom is 0.239 e. The molecular formula is C16H14N2O3. The van der Waals surface area contributed by atoms with E-state index in [2.05, 4.69) is 0 Å². The van der Waals surface area contributed by atoms with Crippen LogP contribution >= 0.6 is 0 Å². The summed E-state index contributed by atoms with van der Waals surface area (Å²) in [5.41, 5.74) is 0.582. The van der Waals surface area contributed by atoms with Gasteiger partial charge in [-0.15, -0.1) is 0 Å². The summed E-state index contributed by atoms with van der Waals surface area (Å²) in [7, 11) is 1.81. The summed E-state index contributed by atoms with van der Waals surface area (Å²) in [5, 5.41) is 0. The summed E-state index contributed by atoms with van der Waals surface area (Å²) in [6.45, 7) is 0. The molecule has 1 aromatic carbocycles. The Morgan fingerprint density at radius 3 is 2.33 bits per heavy atom. The summed E-state index contributed by atoms with van der Waals surface area (Å²) >= 11 is 0. The number of rotatable bonds is 1. The summed E-state index contributed by atoms with van der Waals surface area (Å²) in [4.78, 5) is 40.6. The lowest BCUT2D eigenvalue weighted by atomic mass is 9.90. The van der Waals surface area contributed by atoms with Crippen LogP contribution in [0.25, 0.3) is 0 Å². The Bertz CT molecular complexity index is 682. The van der Waals surface area contributed by atoms with Crippen molar-refractivity contribution in [1.29, 1.82) is 0 Å². The molecule has 2 amide bonds. The highest BCUT2D eigenvalue weighted by Gasteiger charge is 2.63. The highest BCUT2D eigenvalue weighted by atomic mass is 16.2. The first-order valence-electron chi connectivity index (χ1n) is 6.98. The molecule has 0 spiro atoms. The van der Waals surface area contributed by atoms with Crippen molar-refractivity contribution in [1.82, 2.24) is 4.90 Å². The molecule has 3 aliphatic heterocycles. The second-order valence-corrected chi connectivity index (χ2v) is 5.76. The molecule has 2 fully saturated rings. The molecule has 2 saturated heterocycles. The number of ketones is 1. The third-order valence-electron chi connectivity index (χ3n) is 4.78. The summed E-state index contributed by atoms with van der Waals surface area (Å²) in [5.74, 6) is -1.55. The van der Waals surface area contributed by atoms with Crippen LogP contribution in [-0.4, -0.2) is 41.6 Å². The minimum absolute atomic E-state index is 0.0858. The van der Waals surface area contributed by atoms with Gasteiger partial charge in [0.25, 0.3) is 0 Å². The molecule has 1 aromatic rings. The van der Waals surface area contributed by atoms with Crippen LogP contribution in [0.5, 0.6) is 0 Å². The quantitative estimate of drug-likeness (QED) is 0.708. The standard InChI is InChI=1S/C16H14N2O3/c1-17-10-7-8-11(19)14(17)13-12(10)15(20)18(16(13)21)9-5-3-2-4-6-9/h2-8,10,12-14H,1H3. The third-order valence-corrected chi connectivity index (χ3v) is 4.78. The van der Waals surface area contributed by atoms with E-state index in [1.165, 1.54) is 11.0 Å². The van der Waals surface area contributed by atoms with E-state index in [4.69, 9.17) is 0 Å². The molecular weight excluding hydrogens is 268 g/mol. The number of hydrogen-bond donors (Lipinski definition) is 0.